The molecule has 0 heterocycles. The monoisotopic (exact) mass is 321 g/mol. The maximum atomic E-state index is 11.3. The highest BCUT2D eigenvalue weighted by molar-refractivity contribution is 9.08. The highest BCUT2D eigenvalue weighted by Gasteiger charge is 2.32. The number of carbonyl (C=O) groups excluding carboxylic acids is 1. The van der Waals surface area contributed by atoms with Gasteiger partial charge in [0.05, 0.1) is 5.97 Å². The number of hydrogen-bond acceptors (Lipinski definition) is 3. The third-order valence-corrected chi connectivity index (χ3v) is 2.68. The van der Waals surface area contributed by atoms with E-state index in [4.69, 9.17) is 0 Å². The molecule has 0 atom stereocenters. The van der Waals surface area contributed by atoms with Crippen LogP contribution in [0.25, 0.3) is 0 Å². The fraction of sp³-hybridized carbons (Fsp3) is 0.133. The maximum absolute atomic E-state index is 11.3. The molecule has 0 unspecified atom stereocenters. The molecule has 0 aromatic heterocycles. The van der Waals surface area contributed by atoms with Crippen LogP contribution >= 0.6 is 15.9 Å². The van der Waals surface area contributed by atoms with Crippen LogP contribution in [0.2, 0.25) is 0 Å². The van der Waals surface area contributed by atoms with Crippen molar-refractivity contribution in [1.29, 1.82) is 0 Å². The van der Waals surface area contributed by atoms with E-state index in [0.717, 1.165) is 0 Å². The number of halogens is 1. The van der Waals surface area contributed by atoms with Gasteiger partial charge in [-0.05, 0) is 17.0 Å². The molecule has 0 aliphatic heterocycles. The van der Waals surface area contributed by atoms with Crippen LogP contribution < -0.4 is 5.11 Å². The zero-order valence-corrected chi connectivity index (χ0v) is 12.0. The van der Waals surface area contributed by atoms with Crippen LogP contribution in [0.1, 0.15) is 11.1 Å². The minimum Gasteiger partial charge on any atom is -0.546 e. The van der Waals surface area contributed by atoms with Crippen LogP contribution in [0.5, 0.6) is 0 Å². The number of rotatable bonds is 3. The molecule has 2 aromatic rings. The second-order valence-corrected chi connectivity index (χ2v) is 3.73. The van der Waals surface area contributed by atoms with E-state index in [2.05, 4.69) is 15.9 Å². The lowest BCUT2D eigenvalue weighted by molar-refractivity contribution is -0.322. The lowest BCUT2D eigenvalue weighted by Gasteiger charge is -2.30. The van der Waals surface area contributed by atoms with E-state index >= 15 is 0 Å². The predicted octanol–water partition coefficient (Wildman–Crippen LogP) is 1.68. The minimum atomic E-state index is -2.11. The van der Waals surface area contributed by atoms with E-state index in [-0.39, 0.29) is 11.1 Å². The largest absolute Gasteiger partial charge is 0.546 e. The molecule has 100 valence electrons. The highest BCUT2D eigenvalue weighted by atomic mass is 79.9. The Morgan fingerprint density at radius 3 is 1.53 bits per heavy atom. The molecule has 3 nitrogen and oxygen atoms in total. The summed E-state index contributed by atoms with van der Waals surface area (Å²) < 4.78 is 0. The first kappa shape index (κ1) is 15.4. The van der Waals surface area contributed by atoms with E-state index in [0.29, 0.717) is 0 Å². The summed E-state index contributed by atoms with van der Waals surface area (Å²) in [7, 11) is 0. The Kier molecular flexibility index (Phi) is 5.73. The second kappa shape index (κ2) is 7.07. The van der Waals surface area contributed by atoms with Crippen LogP contribution in [0, 0.1) is 0 Å². The van der Waals surface area contributed by atoms with Crippen molar-refractivity contribution in [1.82, 2.24) is 0 Å². The summed E-state index contributed by atoms with van der Waals surface area (Å²) in [6, 6.07) is 16.4. The van der Waals surface area contributed by atoms with Gasteiger partial charge in [-0.1, -0.05) is 76.6 Å². The lowest BCUT2D eigenvalue weighted by Crippen LogP contribution is -2.46. The van der Waals surface area contributed by atoms with Crippen molar-refractivity contribution in [2.75, 3.05) is 5.83 Å². The van der Waals surface area contributed by atoms with Gasteiger partial charge in [0.25, 0.3) is 0 Å². The topological polar surface area (TPSA) is 60.4 Å². The molecule has 2 aromatic carbocycles. The molecule has 2 rings (SSSR count). The van der Waals surface area contributed by atoms with Crippen LogP contribution in [-0.2, 0) is 10.4 Å². The van der Waals surface area contributed by atoms with Crippen LogP contribution in [-0.4, -0.2) is 16.9 Å². The Labute approximate surface area is 120 Å². The van der Waals surface area contributed by atoms with Crippen molar-refractivity contribution in [2.45, 2.75) is 5.60 Å². The standard InChI is InChI=1S/C14H12O3.CH3Br/c15-13(16)14(17,11-7-3-1-4-8-11)12-9-5-2-6-10-12;1-2/h1-10,17H,(H,15,16);1H3/p-1. The molecule has 4 heteroatoms. The average Bonchev–Trinajstić information content (AvgIpc) is 2.50. The summed E-state index contributed by atoms with van der Waals surface area (Å²) >= 11 is 2.94. The molecule has 0 fully saturated rings. The van der Waals surface area contributed by atoms with Crippen molar-refractivity contribution >= 4 is 21.9 Å². The molecular weight excluding hydrogens is 308 g/mol. The van der Waals surface area contributed by atoms with Gasteiger partial charge in [-0.3, -0.25) is 0 Å². The summed E-state index contributed by atoms with van der Waals surface area (Å²) in [5.74, 6) is 0.280. The van der Waals surface area contributed by atoms with Gasteiger partial charge in [-0.2, -0.15) is 0 Å². The molecular formula is C15H14BrO3-. The van der Waals surface area contributed by atoms with Gasteiger partial charge in [0.1, 0.15) is 0 Å². The lowest BCUT2D eigenvalue weighted by atomic mass is 9.86. The fourth-order valence-corrected chi connectivity index (χ4v) is 1.76. The van der Waals surface area contributed by atoms with Crippen LogP contribution in [0.3, 0.4) is 0 Å². The first-order chi connectivity index (χ1) is 9.15. The molecule has 0 aliphatic carbocycles. The predicted molar refractivity (Wildman–Crippen MR) is 75.7 cm³/mol. The third-order valence-electron chi connectivity index (χ3n) is 2.68. The zero-order valence-electron chi connectivity index (χ0n) is 10.4. The Bertz CT molecular complexity index is 472. The summed E-state index contributed by atoms with van der Waals surface area (Å²) in [4.78, 5) is 11.3. The molecule has 0 radical (unpaired) electrons. The van der Waals surface area contributed by atoms with Gasteiger partial charge < -0.3 is 15.0 Å². The summed E-state index contributed by atoms with van der Waals surface area (Å²) in [6.07, 6.45) is 0. The van der Waals surface area contributed by atoms with E-state index in [9.17, 15) is 15.0 Å². The molecule has 19 heavy (non-hydrogen) atoms. The van der Waals surface area contributed by atoms with E-state index in [1.54, 1.807) is 60.7 Å². The Hall–Kier alpha value is -1.65. The quantitative estimate of drug-likeness (QED) is 0.875. The first-order valence-electron chi connectivity index (χ1n) is 5.58. The van der Waals surface area contributed by atoms with Gasteiger partial charge >= 0.3 is 0 Å². The van der Waals surface area contributed by atoms with E-state index in [1.165, 1.54) is 0 Å². The number of hydrogen-bond donors (Lipinski definition) is 1. The summed E-state index contributed by atoms with van der Waals surface area (Å²) in [5, 5.41) is 21.6. The molecule has 0 amide bonds. The van der Waals surface area contributed by atoms with Crippen LogP contribution in [0.4, 0.5) is 0 Å². The van der Waals surface area contributed by atoms with Crippen molar-refractivity contribution in [2.24, 2.45) is 0 Å². The molecule has 1 N–H and O–H groups in total. The maximum Gasteiger partial charge on any atom is 0.154 e. The SMILES string of the molecule is CBr.O=C([O-])C(O)(c1ccccc1)c1ccccc1. The highest BCUT2D eigenvalue weighted by Crippen LogP contribution is 2.28. The Balaban J connectivity index is 0.000000861. The van der Waals surface area contributed by atoms with E-state index < -0.39 is 11.6 Å². The first-order valence-corrected chi connectivity index (χ1v) is 7.17. The summed E-state index contributed by atoms with van der Waals surface area (Å²) in [5.41, 5.74) is -1.54. The van der Waals surface area contributed by atoms with Gasteiger partial charge in [0, 0.05) is 0 Å². The van der Waals surface area contributed by atoms with Crippen molar-refractivity contribution < 1.29 is 15.0 Å². The normalized spacial score (nSPS) is 10.3. The molecule has 0 saturated heterocycles. The van der Waals surface area contributed by atoms with E-state index in [1.807, 2.05) is 5.83 Å². The number of aliphatic carboxylic acids is 1. The molecule has 0 aliphatic rings. The molecule has 0 bridgehead atoms. The smallest absolute Gasteiger partial charge is 0.154 e. The molecule has 0 spiro atoms. The number of carboxylic acids is 1. The van der Waals surface area contributed by atoms with Crippen molar-refractivity contribution in [3.05, 3.63) is 71.8 Å². The summed E-state index contributed by atoms with van der Waals surface area (Å²) in [6.45, 7) is 0. The van der Waals surface area contributed by atoms with Crippen LogP contribution in [0.15, 0.2) is 60.7 Å². The van der Waals surface area contributed by atoms with Gasteiger partial charge in [-0.15, -0.1) is 0 Å². The number of carboxylic acid groups (broad SMARTS) is 1. The second-order valence-electron chi connectivity index (χ2n) is 3.73. The molecule has 0 saturated carbocycles. The Morgan fingerprint density at radius 2 is 1.26 bits per heavy atom. The number of benzene rings is 2. The van der Waals surface area contributed by atoms with Crippen molar-refractivity contribution in [3.63, 3.8) is 0 Å². The number of carbonyl (C=O) groups is 1. The third kappa shape index (κ3) is 3.22. The van der Waals surface area contributed by atoms with Crippen molar-refractivity contribution in [3.8, 4) is 0 Å². The number of alkyl halides is 1. The minimum absolute atomic E-state index is 0.284. The fourth-order valence-electron chi connectivity index (χ4n) is 1.76. The van der Waals surface area contributed by atoms with Gasteiger partial charge in [0.15, 0.2) is 5.60 Å². The van der Waals surface area contributed by atoms with Gasteiger partial charge in [0.2, 0.25) is 0 Å². The van der Waals surface area contributed by atoms with Gasteiger partial charge in [-0.25, -0.2) is 0 Å². The Morgan fingerprint density at radius 1 is 0.947 bits per heavy atom. The number of aliphatic hydroxyl groups is 1. The zero-order chi connectivity index (χ0) is 14.3. The average molecular weight is 322 g/mol.